The Balaban J connectivity index is 1.61. The highest BCUT2D eigenvalue weighted by molar-refractivity contribution is 7.90. The van der Waals surface area contributed by atoms with Crippen LogP contribution in [0.3, 0.4) is 0 Å². The lowest BCUT2D eigenvalue weighted by Crippen LogP contribution is -2.52. The van der Waals surface area contributed by atoms with E-state index in [0.717, 1.165) is 43.9 Å². The van der Waals surface area contributed by atoms with Gasteiger partial charge < -0.3 is 21.1 Å². The van der Waals surface area contributed by atoms with Crippen molar-refractivity contribution in [2.24, 2.45) is 5.73 Å². The van der Waals surface area contributed by atoms with Crippen LogP contribution in [0.25, 0.3) is 0 Å². The summed E-state index contributed by atoms with van der Waals surface area (Å²) in [5, 5.41) is 14.5. The van der Waals surface area contributed by atoms with Crippen molar-refractivity contribution in [2.45, 2.75) is 80.9 Å². The fourth-order valence-electron chi connectivity index (χ4n) is 5.90. The standard InChI is InChI=1S/C31H42N4O6S/c1-42(40,41)26-19-23(18-25(20-26)35-15-8-13-30(35)38)31(39)33-27(17-22-9-4-2-5-10-22)28(36)21-34(16-14-29(32)37)24-11-6-3-7-12-24/h2,4-5,9-10,18-20,24,27-28,36H,3,6-8,11-17,21H2,1H3,(H2,32,37)(H,33,39). The molecule has 0 spiro atoms. The summed E-state index contributed by atoms with van der Waals surface area (Å²) < 4.78 is 25.0. The van der Waals surface area contributed by atoms with Gasteiger partial charge in [-0.1, -0.05) is 49.6 Å². The second kappa shape index (κ2) is 14.3. The molecule has 11 heteroatoms. The van der Waals surface area contributed by atoms with Crippen molar-refractivity contribution in [3.63, 3.8) is 0 Å². The van der Waals surface area contributed by atoms with E-state index >= 15 is 0 Å². The maximum atomic E-state index is 13.7. The second-order valence-electron chi connectivity index (χ2n) is 11.5. The number of rotatable bonds is 13. The Labute approximate surface area is 248 Å². The lowest BCUT2D eigenvalue weighted by molar-refractivity contribution is -0.119. The zero-order chi connectivity index (χ0) is 30.3. The molecule has 2 aliphatic rings. The molecule has 0 radical (unpaired) electrons. The first-order valence-electron chi connectivity index (χ1n) is 14.7. The summed E-state index contributed by atoms with van der Waals surface area (Å²) in [6.07, 6.45) is 6.87. The number of primary amides is 1. The van der Waals surface area contributed by atoms with Crippen LogP contribution in [0.15, 0.2) is 53.4 Å². The van der Waals surface area contributed by atoms with Gasteiger partial charge >= 0.3 is 0 Å². The minimum absolute atomic E-state index is 0.0556. The Kier molecular flexibility index (Phi) is 10.7. The van der Waals surface area contributed by atoms with E-state index < -0.39 is 33.8 Å². The first kappa shape index (κ1) is 31.7. The van der Waals surface area contributed by atoms with E-state index in [4.69, 9.17) is 5.73 Å². The molecular formula is C31H42N4O6S. The molecule has 2 fully saturated rings. The van der Waals surface area contributed by atoms with Crippen molar-refractivity contribution in [3.05, 3.63) is 59.7 Å². The van der Waals surface area contributed by atoms with Crippen LogP contribution in [0.1, 0.15) is 67.3 Å². The third-order valence-electron chi connectivity index (χ3n) is 8.20. The second-order valence-corrected chi connectivity index (χ2v) is 13.5. The number of aliphatic hydroxyl groups excluding tert-OH is 1. The molecule has 1 saturated carbocycles. The number of nitrogens with zero attached hydrogens (tertiary/aromatic N) is 2. The van der Waals surface area contributed by atoms with Crippen molar-refractivity contribution in [1.82, 2.24) is 10.2 Å². The number of carbonyl (C=O) groups excluding carboxylic acids is 3. The number of hydrogen-bond acceptors (Lipinski definition) is 7. The molecule has 2 unspecified atom stereocenters. The summed E-state index contributed by atoms with van der Waals surface area (Å²) in [6, 6.07) is 13.3. The zero-order valence-electron chi connectivity index (χ0n) is 24.2. The number of hydrogen-bond donors (Lipinski definition) is 3. The van der Waals surface area contributed by atoms with Crippen molar-refractivity contribution in [3.8, 4) is 0 Å². The predicted molar refractivity (Wildman–Crippen MR) is 161 cm³/mol. The summed E-state index contributed by atoms with van der Waals surface area (Å²) in [5.74, 6) is -1.07. The summed E-state index contributed by atoms with van der Waals surface area (Å²) in [5.41, 5.74) is 6.82. The largest absolute Gasteiger partial charge is 0.390 e. The van der Waals surface area contributed by atoms with E-state index in [2.05, 4.69) is 10.2 Å². The predicted octanol–water partition coefficient (Wildman–Crippen LogP) is 2.43. The van der Waals surface area contributed by atoms with E-state index in [1.54, 1.807) is 0 Å². The summed E-state index contributed by atoms with van der Waals surface area (Å²) in [6.45, 7) is 1.12. The SMILES string of the molecule is CS(=O)(=O)c1cc(C(=O)NC(Cc2ccccc2)C(O)CN(CCC(N)=O)C2CCCCC2)cc(N2CCCC2=O)c1. The Morgan fingerprint density at radius 2 is 1.81 bits per heavy atom. The molecule has 10 nitrogen and oxygen atoms in total. The highest BCUT2D eigenvalue weighted by atomic mass is 32.2. The molecule has 1 aliphatic heterocycles. The minimum Gasteiger partial charge on any atom is -0.390 e. The Morgan fingerprint density at radius 1 is 1.10 bits per heavy atom. The molecular weight excluding hydrogens is 556 g/mol. The highest BCUT2D eigenvalue weighted by Crippen LogP contribution is 2.27. The fourth-order valence-corrected chi connectivity index (χ4v) is 6.57. The molecule has 0 bridgehead atoms. The van der Waals surface area contributed by atoms with Crippen LogP contribution in [0.5, 0.6) is 0 Å². The molecule has 228 valence electrons. The van der Waals surface area contributed by atoms with Crippen LogP contribution in [-0.2, 0) is 25.8 Å². The fraction of sp³-hybridized carbons (Fsp3) is 0.516. The van der Waals surface area contributed by atoms with Crippen molar-refractivity contribution in [2.75, 3.05) is 30.8 Å². The minimum atomic E-state index is -3.68. The van der Waals surface area contributed by atoms with Gasteiger partial charge in [-0.25, -0.2) is 8.42 Å². The number of amides is 3. The first-order valence-corrected chi connectivity index (χ1v) is 16.6. The third kappa shape index (κ3) is 8.62. The number of nitrogens with one attached hydrogen (secondary N) is 1. The molecule has 4 N–H and O–H groups in total. The van der Waals surface area contributed by atoms with Gasteiger partial charge in [0.15, 0.2) is 9.84 Å². The summed E-state index contributed by atoms with van der Waals surface area (Å²) in [7, 11) is -3.68. The topological polar surface area (TPSA) is 150 Å². The van der Waals surface area contributed by atoms with Crippen molar-refractivity contribution >= 4 is 33.2 Å². The van der Waals surface area contributed by atoms with Crippen LogP contribution >= 0.6 is 0 Å². The molecule has 2 aromatic rings. The molecule has 1 saturated heterocycles. The molecule has 2 atom stereocenters. The van der Waals surface area contributed by atoms with Gasteiger partial charge in [0, 0.05) is 56.0 Å². The van der Waals surface area contributed by atoms with E-state index in [9.17, 15) is 27.9 Å². The van der Waals surface area contributed by atoms with Gasteiger partial charge in [0.1, 0.15) is 0 Å². The van der Waals surface area contributed by atoms with Gasteiger partial charge in [0.05, 0.1) is 17.0 Å². The van der Waals surface area contributed by atoms with Crippen LogP contribution in [0.2, 0.25) is 0 Å². The van der Waals surface area contributed by atoms with E-state index in [-0.39, 0.29) is 35.4 Å². The number of sulfone groups is 1. The van der Waals surface area contributed by atoms with Gasteiger partial charge in [0.25, 0.3) is 5.91 Å². The number of nitrogens with two attached hydrogens (primary N) is 1. The van der Waals surface area contributed by atoms with Gasteiger partial charge in [0.2, 0.25) is 11.8 Å². The van der Waals surface area contributed by atoms with Crippen LogP contribution < -0.4 is 16.0 Å². The third-order valence-corrected chi connectivity index (χ3v) is 9.30. The smallest absolute Gasteiger partial charge is 0.251 e. The first-order chi connectivity index (χ1) is 20.0. The normalized spacial score (nSPS) is 17.8. The van der Waals surface area contributed by atoms with Crippen molar-refractivity contribution < 1.29 is 27.9 Å². The average molecular weight is 599 g/mol. The van der Waals surface area contributed by atoms with Crippen LogP contribution in [-0.4, -0.2) is 80.2 Å². The molecule has 1 aliphatic carbocycles. The number of benzene rings is 2. The molecule has 1 heterocycles. The van der Waals surface area contributed by atoms with Crippen LogP contribution in [0.4, 0.5) is 5.69 Å². The van der Waals surface area contributed by atoms with Gasteiger partial charge in [-0.05, 0) is 49.4 Å². The van der Waals surface area contributed by atoms with Gasteiger partial charge in [-0.15, -0.1) is 0 Å². The maximum Gasteiger partial charge on any atom is 0.251 e. The number of aliphatic hydroxyl groups is 1. The number of anilines is 1. The lowest BCUT2D eigenvalue weighted by atomic mass is 9.93. The van der Waals surface area contributed by atoms with E-state index in [1.165, 1.54) is 23.1 Å². The quantitative estimate of drug-likeness (QED) is 0.321. The maximum absolute atomic E-state index is 13.7. The van der Waals surface area contributed by atoms with E-state index in [0.29, 0.717) is 38.0 Å². The Hall–Kier alpha value is -3.28. The monoisotopic (exact) mass is 598 g/mol. The zero-order valence-corrected chi connectivity index (χ0v) is 25.0. The van der Waals surface area contributed by atoms with Gasteiger partial charge in [-0.2, -0.15) is 0 Å². The van der Waals surface area contributed by atoms with Crippen molar-refractivity contribution in [1.29, 1.82) is 0 Å². The number of carbonyl (C=O) groups is 3. The molecule has 42 heavy (non-hydrogen) atoms. The van der Waals surface area contributed by atoms with Crippen LogP contribution in [0, 0.1) is 0 Å². The molecule has 4 rings (SSSR count). The highest BCUT2D eigenvalue weighted by Gasteiger charge is 2.30. The van der Waals surface area contributed by atoms with Gasteiger partial charge in [-0.3, -0.25) is 19.3 Å². The Bertz CT molecular complexity index is 1360. The molecule has 0 aromatic heterocycles. The average Bonchev–Trinajstić information content (AvgIpc) is 3.40. The molecule has 3 amide bonds. The van der Waals surface area contributed by atoms with E-state index in [1.807, 2.05) is 30.3 Å². The summed E-state index contributed by atoms with van der Waals surface area (Å²) >= 11 is 0. The lowest BCUT2D eigenvalue weighted by Gasteiger charge is -2.37. The Morgan fingerprint density at radius 3 is 2.43 bits per heavy atom. The molecule has 2 aromatic carbocycles. The summed E-state index contributed by atoms with van der Waals surface area (Å²) in [4.78, 5) is 41.3.